The van der Waals surface area contributed by atoms with Gasteiger partial charge in [-0.3, -0.25) is 9.59 Å². The molecule has 3 rings (SSSR count). The van der Waals surface area contributed by atoms with Crippen LogP contribution in [0.3, 0.4) is 0 Å². The van der Waals surface area contributed by atoms with Crippen molar-refractivity contribution in [2.45, 2.75) is 64.0 Å². The van der Waals surface area contributed by atoms with Gasteiger partial charge in [0.2, 0.25) is 5.91 Å². The van der Waals surface area contributed by atoms with Gasteiger partial charge in [-0.25, -0.2) is 0 Å². The van der Waals surface area contributed by atoms with Crippen LogP contribution in [0.1, 0.15) is 67.3 Å². The predicted octanol–water partition coefficient (Wildman–Crippen LogP) is 3.27. The van der Waals surface area contributed by atoms with Gasteiger partial charge in [0.1, 0.15) is 0 Å². The molecule has 2 aliphatic rings. The molecule has 5 nitrogen and oxygen atoms in total. The minimum atomic E-state index is -0.0311. The molecule has 1 saturated carbocycles. The molecule has 1 aromatic rings. The van der Waals surface area contributed by atoms with Crippen LogP contribution in [0.25, 0.3) is 0 Å². The van der Waals surface area contributed by atoms with Crippen LogP contribution < -0.4 is 10.6 Å². The quantitative estimate of drug-likeness (QED) is 0.552. The van der Waals surface area contributed by atoms with Crippen molar-refractivity contribution in [3.05, 3.63) is 35.4 Å². The largest absolute Gasteiger partial charge is 0.351 e. The van der Waals surface area contributed by atoms with E-state index in [9.17, 15) is 9.59 Å². The predicted molar refractivity (Wildman–Crippen MR) is 110 cm³/mol. The first-order chi connectivity index (χ1) is 12.7. The molecule has 2 N–H and O–H groups in total. The van der Waals surface area contributed by atoms with Crippen LogP contribution in [0.15, 0.2) is 24.3 Å². The Kier molecular flexibility index (Phi) is 9.08. The standard InChI is InChI=1S/C21H31N3O2.ClH/c25-20-8-5-15-24(20)16-17-9-11-18(12-10-17)21(26)23-14-13-22-19-6-3-1-2-4-7-19;/h9-12,19,22H,1-8,13-16H2,(H,23,26);1H. The van der Waals surface area contributed by atoms with Crippen LogP contribution >= 0.6 is 12.4 Å². The molecule has 150 valence electrons. The van der Waals surface area contributed by atoms with Crippen molar-refractivity contribution >= 4 is 24.2 Å². The first kappa shape index (κ1) is 21.7. The second kappa shape index (κ2) is 11.3. The van der Waals surface area contributed by atoms with Gasteiger partial charge in [-0.1, -0.05) is 37.8 Å². The number of amides is 2. The summed E-state index contributed by atoms with van der Waals surface area (Å²) in [6.07, 6.45) is 9.49. The molecule has 0 bridgehead atoms. The highest BCUT2D eigenvalue weighted by Gasteiger charge is 2.20. The van der Waals surface area contributed by atoms with Crippen molar-refractivity contribution in [3.8, 4) is 0 Å². The molecule has 0 atom stereocenters. The van der Waals surface area contributed by atoms with E-state index in [-0.39, 0.29) is 24.2 Å². The van der Waals surface area contributed by atoms with Gasteiger partial charge in [0.25, 0.3) is 5.91 Å². The molecule has 0 spiro atoms. The van der Waals surface area contributed by atoms with Gasteiger partial charge in [0.05, 0.1) is 0 Å². The second-order valence-electron chi connectivity index (χ2n) is 7.51. The van der Waals surface area contributed by atoms with Crippen LogP contribution in [-0.4, -0.2) is 42.4 Å². The highest BCUT2D eigenvalue weighted by molar-refractivity contribution is 5.94. The molecule has 0 radical (unpaired) electrons. The highest BCUT2D eigenvalue weighted by atomic mass is 35.5. The third-order valence-corrected chi connectivity index (χ3v) is 5.46. The molecule has 27 heavy (non-hydrogen) atoms. The molecular formula is C21H32ClN3O2. The lowest BCUT2D eigenvalue weighted by atomic mass is 10.1. The lowest BCUT2D eigenvalue weighted by Gasteiger charge is -2.16. The van der Waals surface area contributed by atoms with Crippen molar-refractivity contribution < 1.29 is 9.59 Å². The Labute approximate surface area is 168 Å². The van der Waals surface area contributed by atoms with Gasteiger partial charge >= 0.3 is 0 Å². The molecule has 0 unspecified atom stereocenters. The summed E-state index contributed by atoms with van der Waals surface area (Å²) in [7, 11) is 0. The summed E-state index contributed by atoms with van der Waals surface area (Å²) in [6.45, 7) is 2.96. The number of nitrogens with zero attached hydrogens (tertiary/aromatic N) is 1. The first-order valence-electron chi connectivity index (χ1n) is 10.1. The van der Waals surface area contributed by atoms with Gasteiger partial charge in [-0.15, -0.1) is 12.4 Å². The van der Waals surface area contributed by atoms with Crippen LogP contribution in [0.4, 0.5) is 0 Å². The van der Waals surface area contributed by atoms with E-state index < -0.39 is 0 Å². The molecule has 6 heteroatoms. The van der Waals surface area contributed by atoms with Crippen molar-refractivity contribution in [3.63, 3.8) is 0 Å². The summed E-state index contributed by atoms with van der Waals surface area (Å²) < 4.78 is 0. The molecule has 1 saturated heterocycles. The number of rotatable bonds is 7. The molecule has 1 aromatic carbocycles. The molecule has 1 aliphatic heterocycles. The zero-order valence-electron chi connectivity index (χ0n) is 16.0. The zero-order valence-corrected chi connectivity index (χ0v) is 16.9. The summed E-state index contributed by atoms with van der Waals surface area (Å²) in [5.74, 6) is 0.199. The maximum Gasteiger partial charge on any atom is 0.251 e. The molecule has 1 aliphatic carbocycles. The van der Waals surface area contributed by atoms with E-state index in [4.69, 9.17) is 0 Å². The second-order valence-corrected chi connectivity index (χ2v) is 7.51. The van der Waals surface area contributed by atoms with Crippen molar-refractivity contribution in [1.82, 2.24) is 15.5 Å². The van der Waals surface area contributed by atoms with Gasteiger partial charge in [-0.05, 0) is 37.0 Å². The number of halogens is 1. The van der Waals surface area contributed by atoms with Gasteiger partial charge < -0.3 is 15.5 Å². The topological polar surface area (TPSA) is 61.4 Å². The van der Waals surface area contributed by atoms with E-state index in [1.54, 1.807) is 0 Å². The lowest BCUT2D eigenvalue weighted by molar-refractivity contribution is -0.128. The average molecular weight is 394 g/mol. The Morgan fingerprint density at radius 1 is 1.00 bits per heavy atom. The summed E-state index contributed by atoms with van der Waals surface area (Å²) >= 11 is 0. The van der Waals surface area contributed by atoms with Crippen LogP contribution in [0, 0.1) is 0 Å². The summed E-state index contributed by atoms with van der Waals surface area (Å²) in [5, 5.41) is 6.56. The fraction of sp³-hybridized carbons (Fsp3) is 0.619. The average Bonchev–Trinajstić information content (AvgIpc) is 2.90. The van der Waals surface area contributed by atoms with E-state index in [1.807, 2.05) is 29.2 Å². The maximum absolute atomic E-state index is 12.3. The van der Waals surface area contributed by atoms with E-state index >= 15 is 0 Å². The third kappa shape index (κ3) is 6.82. The van der Waals surface area contributed by atoms with Gasteiger partial charge in [-0.2, -0.15) is 0 Å². The van der Waals surface area contributed by atoms with E-state index in [0.29, 0.717) is 31.1 Å². The van der Waals surface area contributed by atoms with E-state index in [1.165, 1.54) is 38.5 Å². The number of hydrogen-bond acceptors (Lipinski definition) is 3. The SMILES string of the molecule is Cl.O=C(NCCNC1CCCCCC1)c1ccc(CN2CCCC2=O)cc1. The van der Waals surface area contributed by atoms with Gasteiger partial charge in [0, 0.05) is 44.2 Å². The van der Waals surface area contributed by atoms with Crippen molar-refractivity contribution in [2.75, 3.05) is 19.6 Å². The van der Waals surface area contributed by atoms with Crippen LogP contribution in [-0.2, 0) is 11.3 Å². The summed E-state index contributed by atoms with van der Waals surface area (Å²) in [5.41, 5.74) is 1.75. The van der Waals surface area contributed by atoms with Crippen molar-refractivity contribution in [2.24, 2.45) is 0 Å². The smallest absolute Gasteiger partial charge is 0.251 e. The lowest BCUT2D eigenvalue weighted by Crippen LogP contribution is -2.36. The van der Waals surface area contributed by atoms with E-state index in [0.717, 1.165) is 25.1 Å². The Morgan fingerprint density at radius 2 is 1.70 bits per heavy atom. The number of carbonyl (C=O) groups excluding carboxylic acids is 2. The molecule has 0 aromatic heterocycles. The number of likely N-dealkylation sites (tertiary alicyclic amines) is 1. The Morgan fingerprint density at radius 3 is 2.33 bits per heavy atom. The highest BCUT2D eigenvalue weighted by Crippen LogP contribution is 2.17. The van der Waals surface area contributed by atoms with Gasteiger partial charge in [0.15, 0.2) is 0 Å². The number of carbonyl (C=O) groups is 2. The molecular weight excluding hydrogens is 362 g/mol. The molecule has 2 amide bonds. The normalized spacial score (nSPS) is 18.1. The minimum Gasteiger partial charge on any atom is -0.351 e. The monoisotopic (exact) mass is 393 g/mol. The number of nitrogens with one attached hydrogen (secondary N) is 2. The Hall–Kier alpha value is -1.59. The Balaban J connectivity index is 0.00000261. The van der Waals surface area contributed by atoms with Crippen LogP contribution in [0.2, 0.25) is 0 Å². The first-order valence-corrected chi connectivity index (χ1v) is 10.1. The summed E-state index contributed by atoms with van der Waals surface area (Å²) in [4.78, 5) is 25.8. The fourth-order valence-electron chi connectivity index (χ4n) is 3.89. The maximum atomic E-state index is 12.3. The summed E-state index contributed by atoms with van der Waals surface area (Å²) in [6, 6.07) is 8.21. The molecule has 2 fully saturated rings. The Bertz CT molecular complexity index is 598. The number of hydrogen-bond donors (Lipinski definition) is 2. The van der Waals surface area contributed by atoms with Crippen LogP contribution in [0.5, 0.6) is 0 Å². The number of benzene rings is 1. The molecule has 1 heterocycles. The zero-order chi connectivity index (χ0) is 18.2. The third-order valence-electron chi connectivity index (χ3n) is 5.46. The van der Waals surface area contributed by atoms with E-state index in [2.05, 4.69) is 10.6 Å². The van der Waals surface area contributed by atoms with Crippen molar-refractivity contribution in [1.29, 1.82) is 0 Å². The minimum absolute atomic E-state index is 0. The fourth-order valence-corrected chi connectivity index (χ4v) is 3.89.